The fourth-order valence-corrected chi connectivity index (χ4v) is 4.66. The SMILES string of the molecule is CC(C)(C)OC=O.CNCc1cccc(CC(=O)Nc2nnc(CCCC/C(N)=C/C=C(\N)NC(=O)Cc3ccccc3)s2)c1. The maximum absolute atomic E-state index is 12.4. The third-order valence-corrected chi connectivity index (χ3v) is 6.82. The van der Waals surface area contributed by atoms with Crippen LogP contribution in [0.1, 0.15) is 61.7 Å². The van der Waals surface area contributed by atoms with Crippen molar-refractivity contribution in [3.05, 3.63) is 100.0 Å². The summed E-state index contributed by atoms with van der Waals surface area (Å²) in [5.74, 6) is -0.0398. The molecule has 242 valence electrons. The molecular weight excluding hydrogens is 590 g/mol. The summed E-state index contributed by atoms with van der Waals surface area (Å²) in [6, 6.07) is 17.4. The van der Waals surface area contributed by atoms with Crippen molar-refractivity contribution in [2.45, 2.75) is 71.4 Å². The van der Waals surface area contributed by atoms with E-state index in [0.717, 1.165) is 47.5 Å². The van der Waals surface area contributed by atoms with Crippen LogP contribution in [0.25, 0.3) is 0 Å². The number of rotatable bonds is 15. The van der Waals surface area contributed by atoms with E-state index in [9.17, 15) is 14.4 Å². The van der Waals surface area contributed by atoms with E-state index in [1.54, 1.807) is 12.2 Å². The Labute approximate surface area is 269 Å². The Morgan fingerprint density at radius 2 is 1.60 bits per heavy atom. The molecule has 0 radical (unpaired) electrons. The molecule has 0 atom stereocenters. The molecule has 0 saturated carbocycles. The number of hydrogen-bond acceptors (Lipinski definition) is 10. The molecule has 12 heteroatoms. The van der Waals surface area contributed by atoms with E-state index < -0.39 is 0 Å². The van der Waals surface area contributed by atoms with Crippen molar-refractivity contribution in [1.29, 1.82) is 0 Å². The zero-order valence-electron chi connectivity index (χ0n) is 26.5. The largest absolute Gasteiger partial charge is 0.462 e. The number of aryl methyl sites for hydroxylation is 1. The molecule has 7 N–H and O–H groups in total. The number of nitrogens with one attached hydrogen (secondary N) is 3. The highest BCUT2D eigenvalue weighted by Crippen LogP contribution is 2.18. The fourth-order valence-electron chi connectivity index (χ4n) is 3.87. The van der Waals surface area contributed by atoms with Gasteiger partial charge in [0.1, 0.15) is 16.4 Å². The number of hydrogen-bond donors (Lipinski definition) is 5. The van der Waals surface area contributed by atoms with E-state index in [4.69, 9.17) is 11.5 Å². The Kier molecular flexibility index (Phi) is 16.0. The van der Waals surface area contributed by atoms with Crippen LogP contribution >= 0.6 is 11.3 Å². The van der Waals surface area contributed by atoms with Crippen LogP contribution in [0.5, 0.6) is 0 Å². The lowest BCUT2D eigenvalue weighted by Crippen LogP contribution is -2.28. The second kappa shape index (κ2) is 19.7. The highest BCUT2D eigenvalue weighted by atomic mass is 32.1. The molecule has 0 spiro atoms. The lowest BCUT2D eigenvalue weighted by molar-refractivity contribution is -0.138. The molecule has 3 rings (SSSR count). The number of carbonyl (C=O) groups excluding carboxylic acids is 3. The third kappa shape index (κ3) is 16.8. The number of benzene rings is 2. The topological polar surface area (TPSA) is 174 Å². The first-order valence-electron chi connectivity index (χ1n) is 14.7. The number of anilines is 1. The highest BCUT2D eigenvalue weighted by Gasteiger charge is 2.10. The van der Waals surface area contributed by atoms with Gasteiger partial charge in [-0.05, 0) is 75.9 Å². The fraction of sp³-hybridized carbons (Fsp3) is 0.364. The predicted octanol–water partition coefficient (Wildman–Crippen LogP) is 4.11. The second-order valence-electron chi connectivity index (χ2n) is 11.2. The summed E-state index contributed by atoms with van der Waals surface area (Å²) in [6.07, 6.45) is 7.05. The Morgan fingerprint density at radius 1 is 0.911 bits per heavy atom. The number of aromatic nitrogens is 2. The summed E-state index contributed by atoms with van der Waals surface area (Å²) < 4.78 is 4.55. The summed E-state index contributed by atoms with van der Waals surface area (Å²) >= 11 is 1.39. The van der Waals surface area contributed by atoms with Gasteiger partial charge in [-0.2, -0.15) is 0 Å². The van der Waals surface area contributed by atoms with Gasteiger partial charge in [-0.3, -0.25) is 14.4 Å². The van der Waals surface area contributed by atoms with E-state index in [1.165, 1.54) is 11.3 Å². The van der Waals surface area contributed by atoms with E-state index in [2.05, 4.69) is 30.9 Å². The number of nitrogens with two attached hydrogens (primary N) is 2. The molecule has 11 nitrogen and oxygen atoms in total. The smallest absolute Gasteiger partial charge is 0.293 e. The Hall–Kier alpha value is -4.55. The highest BCUT2D eigenvalue weighted by molar-refractivity contribution is 7.15. The minimum atomic E-state index is -0.318. The summed E-state index contributed by atoms with van der Waals surface area (Å²) in [4.78, 5) is 34.1. The molecule has 1 aromatic heterocycles. The second-order valence-corrected chi connectivity index (χ2v) is 12.2. The summed E-state index contributed by atoms with van der Waals surface area (Å²) in [5, 5.41) is 18.3. The van der Waals surface area contributed by atoms with Crippen LogP contribution in [-0.2, 0) is 44.9 Å². The molecular formula is C33H45N7O4S. The Bertz CT molecular complexity index is 1420. The molecule has 45 heavy (non-hydrogen) atoms. The van der Waals surface area contributed by atoms with Crippen molar-refractivity contribution < 1.29 is 19.1 Å². The maximum atomic E-state index is 12.4. The van der Waals surface area contributed by atoms with Gasteiger partial charge in [0.2, 0.25) is 16.9 Å². The summed E-state index contributed by atoms with van der Waals surface area (Å²) in [7, 11) is 1.89. The van der Waals surface area contributed by atoms with E-state index in [0.29, 0.717) is 23.7 Å². The van der Waals surface area contributed by atoms with Gasteiger partial charge in [0.05, 0.1) is 12.8 Å². The van der Waals surface area contributed by atoms with Crippen LogP contribution in [0, 0.1) is 0 Å². The molecule has 0 aliphatic rings. The minimum absolute atomic E-state index is 0.115. The lowest BCUT2D eigenvalue weighted by Gasteiger charge is -2.14. The normalized spacial score (nSPS) is 11.6. The van der Waals surface area contributed by atoms with Crippen LogP contribution in [0.2, 0.25) is 0 Å². The van der Waals surface area contributed by atoms with Crippen LogP contribution < -0.4 is 27.4 Å². The van der Waals surface area contributed by atoms with Gasteiger partial charge in [0, 0.05) is 18.7 Å². The zero-order valence-corrected chi connectivity index (χ0v) is 27.3. The molecule has 0 aliphatic heterocycles. The van der Waals surface area contributed by atoms with E-state index in [-0.39, 0.29) is 36.1 Å². The standard InChI is InChI=1S/C28H35N7O2S.C5H10O2/c1-31-19-22-11-7-10-21(16-22)18-26(37)33-28-35-34-27(38-28)13-6-5-12-23(29)14-15-24(30)32-25(36)17-20-8-3-2-4-9-20;1-5(2,3)7-4-6/h2-4,7-11,14-16,31H,5-6,12-13,17-19,29-30H2,1H3,(H,32,36)(H,33,35,37);4H,1-3H3/b23-14-,24-15+;. The molecule has 3 aromatic rings. The van der Waals surface area contributed by atoms with Crippen molar-refractivity contribution in [2.75, 3.05) is 12.4 Å². The van der Waals surface area contributed by atoms with E-state index >= 15 is 0 Å². The summed E-state index contributed by atoms with van der Waals surface area (Å²) in [6.45, 7) is 6.68. The number of unbranched alkanes of at least 4 members (excludes halogenated alkanes) is 1. The molecule has 2 aromatic carbocycles. The number of ether oxygens (including phenoxy) is 1. The number of carbonyl (C=O) groups is 3. The Balaban J connectivity index is 0.000000900. The average molecular weight is 636 g/mol. The van der Waals surface area contributed by atoms with Gasteiger partial charge < -0.3 is 32.2 Å². The van der Waals surface area contributed by atoms with Gasteiger partial charge in [0.25, 0.3) is 6.47 Å². The van der Waals surface area contributed by atoms with Crippen molar-refractivity contribution in [1.82, 2.24) is 20.8 Å². The van der Waals surface area contributed by atoms with Crippen LogP contribution in [0.3, 0.4) is 0 Å². The molecule has 0 unspecified atom stereocenters. The third-order valence-electron chi connectivity index (χ3n) is 5.93. The molecule has 0 aliphatic carbocycles. The van der Waals surface area contributed by atoms with Gasteiger partial charge in [-0.25, -0.2) is 0 Å². The van der Waals surface area contributed by atoms with Crippen LogP contribution in [0.4, 0.5) is 5.13 Å². The maximum Gasteiger partial charge on any atom is 0.293 e. The zero-order chi connectivity index (χ0) is 33.1. The van der Waals surface area contributed by atoms with Crippen molar-refractivity contribution >= 4 is 34.8 Å². The van der Waals surface area contributed by atoms with Gasteiger partial charge in [-0.15, -0.1) is 10.2 Å². The average Bonchev–Trinajstić information content (AvgIpc) is 3.41. The minimum Gasteiger partial charge on any atom is -0.462 e. The number of nitrogens with zero attached hydrogens (tertiary/aromatic N) is 2. The van der Waals surface area contributed by atoms with E-state index in [1.807, 2.05) is 82.4 Å². The monoisotopic (exact) mass is 635 g/mol. The quantitative estimate of drug-likeness (QED) is 0.0935. The molecule has 0 fully saturated rings. The summed E-state index contributed by atoms with van der Waals surface area (Å²) in [5.41, 5.74) is 15.3. The molecule has 2 amide bonds. The first kappa shape index (κ1) is 36.6. The number of allylic oxidation sites excluding steroid dienone is 3. The molecule has 0 saturated heterocycles. The Morgan fingerprint density at radius 3 is 2.27 bits per heavy atom. The van der Waals surface area contributed by atoms with Gasteiger partial charge >= 0.3 is 0 Å². The van der Waals surface area contributed by atoms with Crippen LogP contribution in [-0.4, -0.2) is 41.1 Å². The molecule has 0 bridgehead atoms. The van der Waals surface area contributed by atoms with Crippen molar-refractivity contribution in [3.8, 4) is 0 Å². The first-order valence-corrected chi connectivity index (χ1v) is 15.5. The van der Waals surface area contributed by atoms with Gasteiger partial charge in [-0.1, -0.05) is 65.9 Å². The number of amides is 2. The molecule has 1 heterocycles. The lowest BCUT2D eigenvalue weighted by atomic mass is 10.1. The van der Waals surface area contributed by atoms with Crippen LogP contribution in [0.15, 0.2) is 78.3 Å². The van der Waals surface area contributed by atoms with Crippen molar-refractivity contribution in [3.63, 3.8) is 0 Å². The first-order chi connectivity index (χ1) is 21.5. The van der Waals surface area contributed by atoms with Crippen molar-refractivity contribution in [2.24, 2.45) is 11.5 Å². The van der Waals surface area contributed by atoms with Gasteiger partial charge in [0.15, 0.2) is 0 Å². The predicted molar refractivity (Wildman–Crippen MR) is 179 cm³/mol.